The van der Waals surface area contributed by atoms with Crippen molar-refractivity contribution < 1.29 is 27.9 Å². The van der Waals surface area contributed by atoms with Crippen LogP contribution in [-0.2, 0) is 14.6 Å². The highest BCUT2D eigenvalue weighted by Crippen LogP contribution is 2.15. The predicted octanol–water partition coefficient (Wildman–Crippen LogP) is 0.316. The fourth-order valence-corrected chi connectivity index (χ4v) is 1.78. The van der Waals surface area contributed by atoms with Gasteiger partial charge in [0.15, 0.2) is 6.61 Å². The molecule has 0 aromatic heterocycles. The summed E-state index contributed by atoms with van der Waals surface area (Å²) in [5.74, 6) is -0.856. The van der Waals surface area contributed by atoms with Gasteiger partial charge in [-0.25, -0.2) is 18.0 Å². The fraction of sp³-hybridized carbons (Fsp3) is 0.333. The number of sulfone groups is 1. The molecule has 0 spiro atoms. The number of urea groups is 1. The first-order valence-electron chi connectivity index (χ1n) is 5.93. The predicted molar refractivity (Wildman–Crippen MR) is 76.3 cm³/mol. The lowest BCUT2D eigenvalue weighted by atomic mass is 10.3. The van der Waals surface area contributed by atoms with Gasteiger partial charge in [0.2, 0.25) is 0 Å². The van der Waals surface area contributed by atoms with E-state index in [1.165, 1.54) is 24.3 Å². The molecular formula is C12H16N2O6S. The summed E-state index contributed by atoms with van der Waals surface area (Å²) < 4.78 is 26.7. The number of hydrogen-bond acceptors (Lipinski definition) is 5. The molecule has 116 valence electrons. The number of carboxylic acids is 1. The Bertz CT molecular complexity index is 597. The first kappa shape index (κ1) is 16.8. The Morgan fingerprint density at radius 1 is 1.24 bits per heavy atom. The standard InChI is InChI=1S/C12H16N2O6S/c1-21(18,19)7-6-13-12(17)14-9-2-4-10(5-3-9)20-8-11(15)16/h2-5H,6-8H2,1H3,(H,15,16)(H2,13,14,17). The van der Waals surface area contributed by atoms with E-state index in [4.69, 9.17) is 9.84 Å². The summed E-state index contributed by atoms with van der Waals surface area (Å²) >= 11 is 0. The van der Waals surface area contributed by atoms with Gasteiger partial charge < -0.3 is 20.5 Å². The van der Waals surface area contributed by atoms with Crippen molar-refractivity contribution in [2.75, 3.05) is 30.5 Å². The Labute approximate surface area is 122 Å². The third-order valence-corrected chi connectivity index (χ3v) is 3.18. The van der Waals surface area contributed by atoms with Gasteiger partial charge in [0.1, 0.15) is 15.6 Å². The van der Waals surface area contributed by atoms with Crippen LogP contribution in [-0.4, -0.2) is 50.7 Å². The number of carbonyl (C=O) groups is 2. The Morgan fingerprint density at radius 3 is 2.38 bits per heavy atom. The number of hydrogen-bond donors (Lipinski definition) is 3. The van der Waals surface area contributed by atoms with E-state index in [0.717, 1.165) is 6.26 Å². The van der Waals surface area contributed by atoms with Crippen molar-refractivity contribution in [1.82, 2.24) is 5.32 Å². The second-order valence-corrected chi connectivity index (χ2v) is 6.48. The van der Waals surface area contributed by atoms with Crippen LogP contribution in [0.3, 0.4) is 0 Å². The maximum absolute atomic E-state index is 11.5. The number of aliphatic carboxylic acids is 1. The fourth-order valence-electron chi connectivity index (χ4n) is 1.30. The largest absolute Gasteiger partial charge is 0.482 e. The van der Waals surface area contributed by atoms with Gasteiger partial charge in [-0.1, -0.05) is 0 Å². The van der Waals surface area contributed by atoms with Gasteiger partial charge in [-0.2, -0.15) is 0 Å². The number of anilines is 1. The quantitative estimate of drug-likeness (QED) is 0.666. The van der Waals surface area contributed by atoms with Gasteiger partial charge >= 0.3 is 12.0 Å². The molecule has 2 amide bonds. The average Bonchev–Trinajstić information content (AvgIpc) is 2.36. The molecule has 0 saturated carbocycles. The molecule has 8 nitrogen and oxygen atoms in total. The van der Waals surface area contributed by atoms with Crippen LogP contribution in [0, 0.1) is 0 Å². The number of carbonyl (C=O) groups excluding carboxylic acids is 1. The van der Waals surface area contributed by atoms with E-state index < -0.39 is 28.4 Å². The Morgan fingerprint density at radius 2 is 1.86 bits per heavy atom. The first-order chi connectivity index (χ1) is 9.76. The normalized spacial score (nSPS) is 10.7. The van der Waals surface area contributed by atoms with E-state index >= 15 is 0 Å². The summed E-state index contributed by atoms with van der Waals surface area (Å²) in [6.07, 6.45) is 1.09. The molecule has 9 heteroatoms. The number of amides is 2. The summed E-state index contributed by atoms with van der Waals surface area (Å²) in [5, 5.41) is 13.4. The number of ether oxygens (including phenoxy) is 1. The van der Waals surface area contributed by atoms with E-state index in [1.807, 2.05) is 0 Å². The van der Waals surface area contributed by atoms with E-state index in [2.05, 4.69) is 10.6 Å². The van der Waals surface area contributed by atoms with Crippen molar-refractivity contribution in [2.24, 2.45) is 0 Å². The molecule has 1 aromatic carbocycles. The van der Waals surface area contributed by atoms with Gasteiger partial charge in [0.25, 0.3) is 0 Å². The molecule has 0 bridgehead atoms. The van der Waals surface area contributed by atoms with Gasteiger partial charge in [0, 0.05) is 18.5 Å². The zero-order chi connectivity index (χ0) is 15.9. The highest BCUT2D eigenvalue weighted by molar-refractivity contribution is 7.90. The van der Waals surface area contributed by atoms with Crippen LogP contribution in [0.2, 0.25) is 0 Å². The molecular weight excluding hydrogens is 300 g/mol. The van der Waals surface area contributed by atoms with Crippen molar-refractivity contribution in [2.45, 2.75) is 0 Å². The monoisotopic (exact) mass is 316 g/mol. The van der Waals surface area contributed by atoms with Crippen molar-refractivity contribution >= 4 is 27.5 Å². The van der Waals surface area contributed by atoms with Crippen molar-refractivity contribution in [1.29, 1.82) is 0 Å². The molecule has 21 heavy (non-hydrogen) atoms. The molecule has 0 heterocycles. The number of carboxylic acid groups (broad SMARTS) is 1. The lowest BCUT2D eigenvalue weighted by Gasteiger charge is -2.08. The smallest absolute Gasteiger partial charge is 0.341 e. The van der Waals surface area contributed by atoms with E-state index in [9.17, 15) is 18.0 Å². The summed E-state index contributed by atoms with van der Waals surface area (Å²) in [5.41, 5.74) is 0.467. The number of rotatable bonds is 7. The molecule has 0 aliphatic carbocycles. The van der Waals surface area contributed by atoms with E-state index in [1.54, 1.807) is 0 Å². The van der Waals surface area contributed by atoms with Crippen LogP contribution in [0.15, 0.2) is 24.3 Å². The third-order valence-electron chi connectivity index (χ3n) is 2.23. The Balaban J connectivity index is 2.41. The SMILES string of the molecule is CS(=O)(=O)CCNC(=O)Nc1ccc(OCC(=O)O)cc1. The minimum atomic E-state index is -3.12. The van der Waals surface area contributed by atoms with Crippen LogP contribution in [0.4, 0.5) is 10.5 Å². The zero-order valence-electron chi connectivity index (χ0n) is 11.3. The minimum Gasteiger partial charge on any atom is -0.482 e. The summed E-state index contributed by atoms with van der Waals surface area (Å²) in [6.45, 7) is -0.427. The van der Waals surface area contributed by atoms with Crippen molar-refractivity contribution in [3.05, 3.63) is 24.3 Å². The lowest BCUT2D eigenvalue weighted by molar-refractivity contribution is -0.139. The van der Waals surface area contributed by atoms with Crippen LogP contribution < -0.4 is 15.4 Å². The molecule has 0 atom stereocenters. The van der Waals surface area contributed by atoms with Crippen LogP contribution >= 0.6 is 0 Å². The highest BCUT2D eigenvalue weighted by atomic mass is 32.2. The summed E-state index contributed by atoms with van der Waals surface area (Å²) in [7, 11) is -3.12. The molecule has 3 N–H and O–H groups in total. The van der Waals surface area contributed by atoms with Crippen molar-refractivity contribution in [3.8, 4) is 5.75 Å². The average molecular weight is 316 g/mol. The molecule has 0 unspecified atom stereocenters. The lowest BCUT2D eigenvalue weighted by Crippen LogP contribution is -2.32. The molecule has 1 rings (SSSR count). The van der Waals surface area contributed by atoms with E-state index in [-0.39, 0.29) is 12.3 Å². The second-order valence-electron chi connectivity index (χ2n) is 4.22. The van der Waals surface area contributed by atoms with Crippen LogP contribution in [0.1, 0.15) is 0 Å². The van der Waals surface area contributed by atoms with Gasteiger partial charge in [-0.3, -0.25) is 0 Å². The van der Waals surface area contributed by atoms with Gasteiger partial charge in [-0.15, -0.1) is 0 Å². The minimum absolute atomic E-state index is 0.0183. The molecule has 0 aliphatic rings. The Kier molecular flexibility index (Phi) is 5.97. The van der Waals surface area contributed by atoms with Crippen LogP contribution in [0.25, 0.3) is 0 Å². The molecule has 1 aromatic rings. The van der Waals surface area contributed by atoms with Gasteiger partial charge in [-0.05, 0) is 24.3 Å². The maximum atomic E-state index is 11.5. The van der Waals surface area contributed by atoms with Crippen LogP contribution in [0.5, 0.6) is 5.75 Å². The zero-order valence-corrected chi connectivity index (χ0v) is 12.1. The maximum Gasteiger partial charge on any atom is 0.341 e. The Hall–Kier alpha value is -2.29. The number of nitrogens with one attached hydrogen (secondary N) is 2. The van der Waals surface area contributed by atoms with E-state index in [0.29, 0.717) is 11.4 Å². The van der Waals surface area contributed by atoms with Gasteiger partial charge in [0.05, 0.1) is 5.75 Å². The first-order valence-corrected chi connectivity index (χ1v) is 7.99. The molecule has 0 saturated heterocycles. The molecule has 0 aliphatic heterocycles. The summed E-state index contributed by atoms with van der Waals surface area (Å²) in [6, 6.07) is 5.56. The second kappa shape index (κ2) is 7.48. The molecule has 0 radical (unpaired) electrons. The highest BCUT2D eigenvalue weighted by Gasteiger charge is 2.05. The molecule has 0 fully saturated rings. The topological polar surface area (TPSA) is 122 Å². The third kappa shape index (κ3) is 7.78. The number of benzene rings is 1. The van der Waals surface area contributed by atoms with Crippen molar-refractivity contribution in [3.63, 3.8) is 0 Å². The summed E-state index contributed by atoms with van der Waals surface area (Å²) in [4.78, 5) is 21.8.